The molecule has 3 aliphatic heterocycles. The third kappa shape index (κ3) is 5.22. The molecule has 0 aliphatic carbocycles. The Labute approximate surface area is 210 Å². The van der Waals surface area contributed by atoms with E-state index in [0.717, 1.165) is 62.3 Å². The van der Waals surface area contributed by atoms with Crippen LogP contribution in [-0.2, 0) is 11.2 Å². The van der Waals surface area contributed by atoms with Crippen LogP contribution in [0.4, 0.5) is 0 Å². The summed E-state index contributed by atoms with van der Waals surface area (Å²) < 4.78 is 11.2. The summed E-state index contributed by atoms with van der Waals surface area (Å²) in [7, 11) is 0. The Bertz CT molecular complexity index is 1120. The predicted octanol–water partition coefficient (Wildman–Crippen LogP) is 4.20. The molecule has 0 atom stereocenters. The lowest BCUT2D eigenvalue weighted by Gasteiger charge is -2.39. The van der Waals surface area contributed by atoms with Crippen LogP contribution in [0.3, 0.4) is 0 Å². The highest BCUT2D eigenvalue weighted by atomic mass is 32.1. The Hall–Kier alpha value is -2.87. The van der Waals surface area contributed by atoms with Crippen LogP contribution in [0, 0.1) is 5.41 Å². The third-order valence-electron chi connectivity index (χ3n) is 7.53. The van der Waals surface area contributed by atoms with Gasteiger partial charge in [-0.1, -0.05) is 6.07 Å². The second-order valence-electron chi connectivity index (χ2n) is 9.91. The van der Waals surface area contributed by atoms with Crippen molar-refractivity contribution in [2.24, 2.45) is 5.41 Å². The Morgan fingerprint density at radius 1 is 0.914 bits per heavy atom. The van der Waals surface area contributed by atoms with Crippen LogP contribution < -0.4 is 9.47 Å². The van der Waals surface area contributed by atoms with Crippen LogP contribution in [0.25, 0.3) is 0 Å². The van der Waals surface area contributed by atoms with Crippen molar-refractivity contribution >= 4 is 28.9 Å². The van der Waals surface area contributed by atoms with Crippen LogP contribution >= 0.6 is 11.3 Å². The summed E-state index contributed by atoms with van der Waals surface area (Å²) in [4.78, 5) is 42.5. The summed E-state index contributed by atoms with van der Waals surface area (Å²) in [5, 5.41) is 0. The van der Waals surface area contributed by atoms with Crippen molar-refractivity contribution in [2.75, 3.05) is 39.4 Å². The topological polar surface area (TPSA) is 76.2 Å². The van der Waals surface area contributed by atoms with Gasteiger partial charge in [0.2, 0.25) is 5.91 Å². The summed E-state index contributed by atoms with van der Waals surface area (Å²) in [5.74, 6) is 1.83. The molecule has 0 radical (unpaired) electrons. The monoisotopic (exact) mass is 496 g/mol. The number of hydrogen-bond acceptors (Lipinski definition) is 6. The zero-order valence-corrected chi connectivity index (χ0v) is 21.0. The lowest BCUT2D eigenvalue weighted by molar-refractivity contribution is -0.130. The number of ketones is 1. The van der Waals surface area contributed by atoms with Crippen molar-refractivity contribution in [2.45, 2.75) is 45.4 Å². The molecule has 35 heavy (non-hydrogen) atoms. The highest BCUT2D eigenvalue weighted by molar-refractivity contribution is 7.15. The van der Waals surface area contributed by atoms with Crippen molar-refractivity contribution in [3.05, 3.63) is 45.6 Å². The summed E-state index contributed by atoms with van der Waals surface area (Å²) in [6, 6.07) is 9.52. The summed E-state index contributed by atoms with van der Waals surface area (Å²) in [6.45, 7) is 5.71. The number of fused-ring (bicyclic) bond motifs is 1. The molecule has 2 amide bonds. The van der Waals surface area contributed by atoms with Crippen LogP contribution in [0.5, 0.6) is 11.5 Å². The van der Waals surface area contributed by atoms with Gasteiger partial charge in [-0.25, -0.2) is 0 Å². The standard InChI is InChI=1S/C27H32N2O5S/c1-19(30)23-7-8-24(35-23)26(32)28-12-9-27(10-13-28)11-14-29(18-27)25(31)4-2-3-20-5-6-21-22(17-20)34-16-15-33-21/h5-8,17H,2-4,9-16,18H2,1H3. The zero-order valence-electron chi connectivity index (χ0n) is 20.2. The van der Waals surface area contributed by atoms with Gasteiger partial charge in [0.1, 0.15) is 13.2 Å². The fraction of sp³-hybridized carbons (Fsp3) is 0.519. The molecule has 0 saturated carbocycles. The number of hydrogen-bond donors (Lipinski definition) is 0. The molecule has 0 bridgehead atoms. The molecule has 186 valence electrons. The van der Waals surface area contributed by atoms with Crippen LogP contribution in [0.15, 0.2) is 30.3 Å². The lowest BCUT2D eigenvalue weighted by Crippen LogP contribution is -2.44. The predicted molar refractivity (Wildman–Crippen MR) is 133 cm³/mol. The van der Waals surface area contributed by atoms with Crippen molar-refractivity contribution in [1.29, 1.82) is 0 Å². The molecule has 0 N–H and O–H groups in total. The van der Waals surface area contributed by atoms with Gasteiger partial charge in [0.05, 0.1) is 9.75 Å². The maximum absolute atomic E-state index is 12.9. The van der Waals surface area contributed by atoms with Gasteiger partial charge in [0.25, 0.3) is 5.91 Å². The van der Waals surface area contributed by atoms with Crippen molar-refractivity contribution in [1.82, 2.24) is 9.80 Å². The second-order valence-corrected chi connectivity index (χ2v) is 11.0. The van der Waals surface area contributed by atoms with Crippen molar-refractivity contribution in [3.63, 3.8) is 0 Å². The molecule has 1 aromatic heterocycles. The van der Waals surface area contributed by atoms with E-state index in [9.17, 15) is 14.4 Å². The minimum Gasteiger partial charge on any atom is -0.486 e. The fourth-order valence-electron chi connectivity index (χ4n) is 5.38. The SMILES string of the molecule is CC(=O)c1ccc(C(=O)N2CCC3(CCN(C(=O)CCCc4ccc5c(c4)OCCO5)C3)CC2)s1. The minimum absolute atomic E-state index is 0.00587. The summed E-state index contributed by atoms with van der Waals surface area (Å²) in [6.07, 6.45) is 5.05. The third-order valence-corrected chi connectivity index (χ3v) is 8.70. The van der Waals surface area contributed by atoms with E-state index in [2.05, 4.69) is 6.07 Å². The number of aryl methyl sites for hydroxylation is 1. The molecular formula is C27H32N2O5S. The molecule has 4 heterocycles. The van der Waals surface area contributed by atoms with Gasteiger partial charge < -0.3 is 19.3 Å². The highest BCUT2D eigenvalue weighted by Gasteiger charge is 2.42. The Morgan fingerprint density at radius 2 is 1.60 bits per heavy atom. The number of ether oxygens (including phenoxy) is 2. The van der Waals surface area contributed by atoms with E-state index in [4.69, 9.17) is 9.47 Å². The molecular weight excluding hydrogens is 464 g/mol. The smallest absolute Gasteiger partial charge is 0.263 e. The molecule has 1 aromatic carbocycles. The van der Waals surface area contributed by atoms with E-state index >= 15 is 0 Å². The first-order chi connectivity index (χ1) is 16.9. The fourth-order valence-corrected chi connectivity index (χ4v) is 6.25. The van der Waals surface area contributed by atoms with Crippen LogP contribution in [0.2, 0.25) is 0 Å². The molecule has 2 fully saturated rings. The van der Waals surface area contributed by atoms with E-state index in [-0.39, 0.29) is 23.0 Å². The number of rotatable bonds is 6. The van der Waals surface area contributed by atoms with Gasteiger partial charge in [-0.15, -0.1) is 11.3 Å². The minimum atomic E-state index is -0.00587. The van der Waals surface area contributed by atoms with Gasteiger partial charge in [-0.3, -0.25) is 14.4 Å². The molecule has 7 nitrogen and oxygen atoms in total. The van der Waals surface area contributed by atoms with Gasteiger partial charge in [-0.2, -0.15) is 0 Å². The molecule has 8 heteroatoms. The Kier molecular flexibility index (Phi) is 6.82. The number of carbonyl (C=O) groups is 3. The van der Waals surface area contributed by atoms with E-state index in [1.807, 2.05) is 21.9 Å². The molecule has 3 aliphatic rings. The van der Waals surface area contributed by atoms with E-state index < -0.39 is 0 Å². The molecule has 2 aromatic rings. The van der Waals surface area contributed by atoms with Crippen molar-refractivity contribution < 1.29 is 23.9 Å². The summed E-state index contributed by atoms with van der Waals surface area (Å²) in [5.41, 5.74) is 1.29. The number of thiophene rings is 1. The lowest BCUT2D eigenvalue weighted by atomic mass is 9.77. The first-order valence-electron chi connectivity index (χ1n) is 12.5. The second kappa shape index (κ2) is 10.0. The number of benzene rings is 1. The average Bonchev–Trinajstić information content (AvgIpc) is 3.52. The first-order valence-corrected chi connectivity index (χ1v) is 13.3. The van der Waals surface area contributed by atoms with Crippen molar-refractivity contribution in [3.8, 4) is 11.5 Å². The van der Waals surface area contributed by atoms with Gasteiger partial charge in [0, 0.05) is 32.6 Å². The number of piperidine rings is 1. The molecule has 2 saturated heterocycles. The zero-order chi connectivity index (χ0) is 24.4. The number of carbonyl (C=O) groups excluding carboxylic acids is 3. The van der Waals surface area contributed by atoms with Gasteiger partial charge >= 0.3 is 0 Å². The number of likely N-dealkylation sites (tertiary alicyclic amines) is 2. The van der Waals surface area contributed by atoms with E-state index in [0.29, 0.717) is 42.5 Å². The number of amides is 2. The average molecular weight is 497 g/mol. The molecule has 1 spiro atoms. The Balaban J connectivity index is 1.08. The normalized spacial score (nSPS) is 18.7. The summed E-state index contributed by atoms with van der Waals surface area (Å²) >= 11 is 1.28. The molecule has 0 unspecified atom stereocenters. The number of Topliss-reactive ketones (excluding diaryl/α,β-unsaturated/α-hetero) is 1. The van der Waals surface area contributed by atoms with Gasteiger partial charge in [-0.05, 0) is 74.3 Å². The first kappa shape index (κ1) is 23.9. The highest BCUT2D eigenvalue weighted by Crippen LogP contribution is 2.41. The number of nitrogens with zero attached hydrogens (tertiary/aromatic N) is 2. The van der Waals surface area contributed by atoms with Crippen LogP contribution in [-0.4, -0.2) is 66.8 Å². The maximum atomic E-state index is 12.9. The molecule has 5 rings (SSSR count). The van der Waals surface area contributed by atoms with E-state index in [1.54, 1.807) is 12.1 Å². The Morgan fingerprint density at radius 3 is 2.31 bits per heavy atom. The quantitative estimate of drug-likeness (QED) is 0.561. The maximum Gasteiger partial charge on any atom is 0.263 e. The van der Waals surface area contributed by atoms with E-state index in [1.165, 1.54) is 18.3 Å². The largest absolute Gasteiger partial charge is 0.486 e. The van der Waals surface area contributed by atoms with Gasteiger partial charge in [0.15, 0.2) is 17.3 Å². The van der Waals surface area contributed by atoms with Crippen LogP contribution in [0.1, 0.15) is 63.9 Å².